The fourth-order valence-electron chi connectivity index (χ4n) is 7.91. The van der Waals surface area contributed by atoms with Crippen molar-refractivity contribution < 1.29 is 0 Å². The zero-order chi connectivity index (χ0) is 33.0. The van der Waals surface area contributed by atoms with Gasteiger partial charge in [0.25, 0.3) is 0 Å². The first kappa shape index (κ1) is 28.8. The van der Waals surface area contributed by atoms with Crippen LogP contribution >= 0.6 is 0 Å². The van der Waals surface area contributed by atoms with Crippen molar-refractivity contribution in [2.45, 2.75) is 0 Å². The molecule has 0 aliphatic heterocycles. The molecule has 9 aromatic carbocycles. The van der Waals surface area contributed by atoms with Gasteiger partial charge in [0.05, 0.1) is 11.0 Å². The maximum absolute atomic E-state index is 2.46. The van der Waals surface area contributed by atoms with E-state index in [1.165, 1.54) is 86.8 Å². The monoisotopic (exact) mass is 649 g/mol. The molecule has 1 nitrogen and oxygen atoms in total. The summed E-state index contributed by atoms with van der Waals surface area (Å²) in [7, 11) is 0.579. The van der Waals surface area contributed by atoms with Gasteiger partial charge in [-0.15, -0.1) is 0 Å². The molecular weight excluding hydrogens is 619 g/mol. The number of para-hydroxylation sites is 2. The standard InChI is InChI=1S/C48H31NSi/c1-2-17-37(18-3-1)50-38-27-28-43-44(31-38)48(35-26-25-32-13-4-5-14-33(32)29-35)42-22-7-6-21-41(42)47(43)34-15-12-16-36(30-34)49-45-23-10-8-19-39(45)40-20-9-11-24-46(40)49/h1-31H. The first-order valence-electron chi connectivity index (χ1n) is 17.2. The molecule has 0 unspecified atom stereocenters. The second-order valence-corrected chi connectivity index (χ2v) is 14.4. The molecular formula is C48H31NSi. The van der Waals surface area contributed by atoms with Crippen LogP contribution in [0.15, 0.2) is 188 Å². The van der Waals surface area contributed by atoms with E-state index in [4.69, 9.17) is 0 Å². The lowest BCUT2D eigenvalue weighted by atomic mass is 9.85. The maximum Gasteiger partial charge on any atom is 0.121 e. The van der Waals surface area contributed by atoms with Crippen molar-refractivity contribution in [1.29, 1.82) is 0 Å². The fraction of sp³-hybridized carbons (Fsp3) is 0. The highest BCUT2D eigenvalue weighted by Crippen LogP contribution is 2.44. The third-order valence-corrected chi connectivity index (χ3v) is 11.3. The van der Waals surface area contributed by atoms with Crippen LogP contribution in [0.25, 0.3) is 82.1 Å². The summed E-state index contributed by atoms with van der Waals surface area (Å²) in [4.78, 5) is 0. The van der Waals surface area contributed by atoms with E-state index in [0.717, 1.165) is 5.69 Å². The van der Waals surface area contributed by atoms with Gasteiger partial charge in [0, 0.05) is 16.5 Å². The van der Waals surface area contributed by atoms with Gasteiger partial charge < -0.3 is 4.57 Å². The highest BCUT2D eigenvalue weighted by atomic mass is 28.2. The fourth-order valence-corrected chi connectivity index (χ4v) is 8.99. The summed E-state index contributed by atoms with van der Waals surface area (Å²) in [6, 6.07) is 69.2. The van der Waals surface area contributed by atoms with Gasteiger partial charge in [-0.05, 0) is 84.9 Å². The minimum Gasteiger partial charge on any atom is -0.309 e. The zero-order valence-electron chi connectivity index (χ0n) is 27.3. The van der Waals surface area contributed by atoms with Gasteiger partial charge in [-0.2, -0.15) is 0 Å². The van der Waals surface area contributed by atoms with Crippen LogP contribution in [0.3, 0.4) is 0 Å². The molecule has 10 rings (SSSR count). The number of hydrogen-bond donors (Lipinski definition) is 0. The van der Waals surface area contributed by atoms with Gasteiger partial charge in [-0.1, -0.05) is 168 Å². The topological polar surface area (TPSA) is 4.93 Å². The summed E-state index contributed by atoms with van der Waals surface area (Å²) in [5.41, 5.74) is 8.64. The molecule has 0 fully saturated rings. The average molecular weight is 650 g/mol. The Balaban J connectivity index is 1.26. The second-order valence-electron chi connectivity index (χ2n) is 13.0. The van der Waals surface area contributed by atoms with Crippen LogP contribution < -0.4 is 10.4 Å². The Morgan fingerprint density at radius 1 is 0.320 bits per heavy atom. The van der Waals surface area contributed by atoms with E-state index < -0.39 is 0 Å². The number of fused-ring (bicyclic) bond motifs is 6. The van der Waals surface area contributed by atoms with Crippen LogP contribution in [0.5, 0.6) is 0 Å². The molecule has 0 N–H and O–H groups in total. The molecule has 0 saturated carbocycles. The van der Waals surface area contributed by atoms with Crippen molar-refractivity contribution in [3.05, 3.63) is 188 Å². The van der Waals surface area contributed by atoms with Crippen LogP contribution in [-0.2, 0) is 0 Å². The molecule has 0 aliphatic rings. The van der Waals surface area contributed by atoms with Crippen molar-refractivity contribution in [2.24, 2.45) is 0 Å². The highest BCUT2D eigenvalue weighted by Gasteiger charge is 2.19. The van der Waals surface area contributed by atoms with Gasteiger partial charge >= 0.3 is 0 Å². The predicted molar refractivity (Wildman–Crippen MR) is 216 cm³/mol. The third-order valence-electron chi connectivity index (χ3n) is 10.1. The lowest BCUT2D eigenvalue weighted by Crippen LogP contribution is -2.26. The lowest BCUT2D eigenvalue weighted by molar-refractivity contribution is 1.18. The van der Waals surface area contributed by atoms with Gasteiger partial charge in [-0.3, -0.25) is 0 Å². The van der Waals surface area contributed by atoms with Crippen LogP contribution in [0.1, 0.15) is 0 Å². The number of aromatic nitrogens is 1. The van der Waals surface area contributed by atoms with E-state index in [-0.39, 0.29) is 0 Å². The van der Waals surface area contributed by atoms with Crippen LogP contribution in [0.4, 0.5) is 0 Å². The van der Waals surface area contributed by atoms with Crippen molar-refractivity contribution in [1.82, 2.24) is 4.57 Å². The van der Waals surface area contributed by atoms with Crippen molar-refractivity contribution in [2.75, 3.05) is 0 Å². The van der Waals surface area contributed by atoms with E-state index in [1.807, 2.05) is 0 Å². The number of hydrogen-bond acceptors (Lipinski definition) is 0. The minimum absolute atomic E-state index is 0.579. The average Bonchev–Trinajstić information content (AvgIpc) is 3.52. The quantitative estimate of drug-likeness (QED) is 0.129. The molecule has 0 bridgehead atoms. The molecule has 232 valence electrons. The van der Waals surface area contributed by atoms with E-state index in [0.29, 0.717) is 9.52 Å². The van der Waals surface area contributed by atoms with Gasteiger partial charge in [0.1, 0.15) is 9.52 Å². The molecule has 2 radical (unpaired) electrons. The number of nitrogens with zero attached hydrogens (tertiary/aromatic N) is 1. The summed E-state index contributed by atoms with van der Waals surface area (Å²) in [6.45, 7) is 0. The van der Waals surface area contributed by atoms with Gasteiger partial charge in [-0.25, -0.2) is 0 Å². The molecule has 0 saturated heterocycles. The number of rotatable bonds is 5. The van der Waals surface area contributed by atoms with Crippen LogP contribution in [0.2, 0.25) is 0 Å². The molecule has 0 amide bonds. The molecule has 50 heavy (non-hydrogen) atoms. The first-order chi connectivity index (χ1) is 24.8. The van der Waals surface area contributed by atoms with Crippen LogP contribution in [-0.4, -0.2) is 14.1 Å². The van der Waals surface area contributed by atoms with Gasteiger partial charge in [0.2, 0.25) is 0 Å². The smallest absolute Gasteiger partial charge is 0.121 e. The lowest BCUT2D eigenvalue weighted by Gasteiger charge is -2.19. The Bertz CT molecular complexity index is 2850. The molecule has 0 aliphatic carbocycles. The van der Waals surface area contributed by atoms with Crippen molar-refractivity contribution in [3.8, 4) is 27.9 Å². The molecule has 1 heterocycles. The van der Waals surface area contributed by atoms with Crippen LogP contribution in [0, 0.1) is 0 Å². The number of benzene rings is 9. The third kappa shape index (κ3) is 4.68. The Labute approximate surface area is 293 Å². The maximum atomic E-state index is 2.46. The molecule has 2 heteroatoms. The molecule has 10 aromatic rings. The summed E-state index contributed by atoms with van der Waals surface area (Å²) in [5.74, 6) is 0. The Morgan fingerprint density at radius 3 is 1.64 bits per heavy atom. The summed E-state index contributed by atoms with van der Waals surface area (Å²) < 4.78 is 2.42. The SMILES string of the molecule is c1ccc([Si]c2ccc3c(-c4cccc(-n5c6ccccc6c6ccccc65)c4)c4ccccc4c(-c4ccc5ccccc5c4)c3c2)cc1. The first-order valence-corrected chi connectivity index (χ1v) is 18.2. The van der Waals surface area contributed by atoms with Crippen molar-refractivity contribution >= 4 is 74.0 Å². The Hall–Kier alpha value is -6.22. The molecule has 0 spiro atoms. The van der Waals surface area contributed by atoms with Gasteiger partial charge in [0.15, 0.2) is 0 Å². The van der Waals surface area contributed by atoms with E-state index >= 15 is 0 Å². The van der Waals surface area contributed by atoms with Crippen molar-refractivity contribution in [3.63, 3.8) is 0 Å². The Morgan fingerprint density at radius 2 is 0.900 bits per heavy atom. The van der Waals surface area contributed by atoms with E-state index in [2.05, 4.69) is 193 Å². The predicted octanol–water partition coefficient (Wildman–Crippen LogP) is 11.2. The Kier molecular flexibility index (Phi) is 6.75. The van der Waals surface area contributed by atoms with E-state index in [9.17, 15) is 0 Å². The summed E-state index contributed by atoms with van der Waals surface area (Å²) in [5, 5.41) is 12.8. The highest BCUT2D eigenvalue weighted by molar-refractivity contribution is 6.67. The molecule has 0 atom stereocenters. The largest absolute Gasteiger partial charge is 0.309 e. The van der Waals surface area contributed by atoms with E-state index in [1.54, 1.807) is 0 Å². The minimum atomic E-state index is 0.579. The normalized spacial score (nSPS) is 11.7. The second kappa shape index (κ2) is 11.7. The summed E-state index contributed by atoms with van der Waals surface area (Å²) in [6.07, 6.45) is 0. The zero-order valence-corrected chi connectivity index (χ0v) is 28.3. The molecule has 1 aromatic heterocycles. The summed E-state index contributed by atoms with van der Waals surface area (Å²) >= 11 is 0.